The van der Waals surface area contributed by atoms with E-state index in [1.54, 1.807) is 0 Å². The highest BCUT2D eigenvalue weighted by atomic mass is 16.5. The van der Waals surface area contributed by atoms with Crippen molar-refractivity contribution >= 4 is 5.97 Å². The van der Waals surface area contributed by atoms with E-state index in [1.165, 1.54) is 6.42 Å². The lowest BCUT2D eigenvalue weighted by Crippen LogP contribution is -2.33. The van der Waals surface area contributed by atoms with Gasteiger partial charge >= 0.3 is 5.97 Å². The zero-order valence-corrected chi connectivity index (χ0v) is 10.8. The van der Waals surface area contributed by atoms with Crippen molar-refractivity contribution in [1.29, 1.82) is 0 Å². The number of esters is 1. The molecule has 2 unspecified atom stereocenters. The number of hydrogen-bond acceptors (Lipinski definition) is 3. The zero-order chi connectivity index (χ0) is 13.0. The average molecular weight is 247 g/mol. The van der Waals surface area contributed by atoms with Gasteiger partial charge in [-0.2, -0.15) is 0 Å². The van der Waals surface area contributed by atoms with Gasteiger partial charge in [0.15, 0.2) is 0 Å². The molecule has 3 atom stereocenters. The van der Waals surface area contributed by atoms with Crippen LogP contribution in [0.2, 0.25) is 0 Å². The van der Waals surface area contributed by atoms with Crippen LogP contribution >= 0.6 is 0 Å². The van der Waals surface area contributed by atoms with Gasteiger partial charge in [-0.3, -0.25) is 0 Å². The topological polar surface area (TPSA) is 52.3 Å². The number of hydrogen-bond donors (Lipinski definition) is 1. The van der Waals surface area contributed by atoms with Crippen LogP contribution in [0.4, 0.5) is 0 Å². The highest BCUT2D eigenvalue weighted by Gasteiger charge is 2.27. The van der Waals surface area contributed by atoms with Gasteiger partial charge in [-0.05, 0) is 30.7 Å². The molecule has 0 amide bonds. The third-order valence-electron chi connectivity index (χ3n) is 3.71. The molecular formula is C15H21NO2. The standard InChI is InChI=1S/C15H21NO2/c1-11-7-5-6-10-13(11)18-15(17)14(16)12-8-3-2-4-9-12/h2-4,8-9,11,13-14H,5-7,10,16H2,1H3/t11?,13?,14-/m1/s1. The second-order valence-electron chi connectivity index (χ2n) is 5.13. The normalized spacial score (nSPS) is 25.4. The predicted octanol–water partition coefficient (Wildman–Crippen LogP) is 2.81. The third-order valence-corrected chi connectivity index (χ3v) is 3.71. The van der Waals surface area contributed by atoms with E-state index in [4.69, 9.17) is 10.5 Å². The van der Waals surface area contributed by atoms with Crippen LogP contribution in [-0.4, -0.2) is 12.1 Å². The molecule has 1 aliphatic rings. The van der Waals surface area contributed by atoms with Crippen molar-refractivity contribution in [2.24, 2.45) is 11.7 Å². The summed E-state index contributed by atoms with van der Waals surface area (Å²) < 4.78 is 5.56. The van der Waals surface area contributed by atoms with Gasteiger partial charge in [0.1, 0.15) is 12.1 Å². The van der Waals surface area contributed by atoms with Crippen LogP contribution in [0.5, 0.6) is 0 Å². The molecule has 1 fully saturated rings. The van der Waals surface area contributed by atoms with Gasteiger partial charge in [-0.1, -0.05) is 43.7 Å². The largest absolute Gasteiger partial charge is 0.461 e. The highest BCUT2D eigenvalue weighted by molar-refractivity contribution is 5.77. The lowest BCUT2D eigenvalue weighted by atomic mass is 9.88. The summed E-state index contributed by atoms with van der Waals surface area (Å²) >= 11 is 0. The molecule has 0 heterocycles. The Balaban J connectivity index is 1.95. The maximum Gasteiger partial charge on any atom is 0.327 e. The number of rotatable bonds is 3. The van der Waals surface area contributed by atoms with Gasteiger partial charge in [0.2, 0.25) is 0 Å². The van der Waals surface area contributed by atoms with Gasteiger partial charge in [-0.25, -0.2) is 4.79 Å². The van der Waals surface area contributed by atoms with Gasteiger partial charge in [0.05, 0.1) is 0 Å². The molecule has 1 aliphatic carbocycles. The fraction of sp³-hybridized carbons (Fsp3) is 0.533. The summed E-state index contributed by atoms with van der Waals surface area (Å²) in [6.45, 7) is 2.14. The van der Waals surface area contributed by atoms with Gasteiger partial charge < -0.3 is 10.5 Å². The summed E-state index contributed by atoms with van der Waals surface area (Å²) in [4.78, 5) is 12.0. The van der Waals surface area contributed by atoms with Crippen LogP contribution in [0.25, 0.3) is 0 Å². The molecule has 18 heavy (non-hydrogen) atoms. The molecule has 0 radical (unpaired) electrons. The van der Waals surface area contributed by atoms with E-state index >= 15 is 0 Å². The minimum absolute atomic E-state index is 0.0426. The first kappa shape index (κ1) is 13.1. The fourth-order valence-electron chi connectivity index (χ4n) is 2.48. The first-order valence-electron chi connectivity index (χ1n) is 6.69. The monoisotopic (exact) mass is 247 g/mol. The van der Waals surface area contributed by atoms with E-state index in [9.17, 15) is 4.79 Å². The SMILES string of the molecule is CC1CCCCC1OC(=O)[C@H](N)c1ccccc1. The van der Waals surface area contributed by atoms with Gasteiger partial charge in [0.25, 0.3) is 0 Å². The summed E-state index contributed by atoms with van der Waals surface area (Å²) in [5, 5.41) is 0. The predicted molar refractivity (Wildman–Crippen MR) is 70.9 cm³/mol. The van der Waals surface area contributed by atoms with E-state index in [0.29, 0.717) is 5.92 Å². The highest BCUT2D eigenvalue weighted by Crippen LogP contribution is 2.27. The van der Waals surface area contributed by atoms with Crippen LogP contribution in [0.3, 0.4) is 0 Å². The van der Waals surface area contributed by atoms with E-state index in [-0.39, 0.29) is 12.1 Å². The molecule has 1 saturated carbocycles. The molecule has 0 saturated heterocycles. The zero-order valence-electron chi connectivity index (χ0n) is 10.8. The summed E-state index contributed by atoms with van der Waals surface area (Å²) in [7, 11) is 0. The molecule has 3 nitrogen and oxygen atoms in total. The van der Waals surface area contributed by atoms with E-state index in [1.807, 2.05) is 30.3 Å². The van der Waals surface area contributed by atoms with Crippen LogP contribution in [0.1, 0.15) is 44.2 Å². The molecule has 3 heteroatoms. The van der Waals surface area contributed by atoms with Crippen molar-refractivity contribution in [2.45, 2.75) is 44.8 Å². The van der Waals surface area contributed by atoms with Crippen LogP contribution in [-0.2, 0) is 9.53 Å². The van der Waals surface area contributed by atoms with Crippen LogP contribution in [0, 0.1) is 5.92 Å². The van der Waals surface area contributed by atoms with Crippen molar-refractivity contribution in [2.75, 3.05) is 0 Å². The van der Waals surface area contributed by atoms with Crippen molar-refractivity contribution in [1.82, 2.24) is 0 Å². The lowest BCUT2D eigenvalue weighted by Gasteiger charge is -2.29. The summed E-state index contributed by atoms with van der Waals surface area (Å²) in [6.07, 6.45) is 4.52. The molecule has 0 spiro atoms. The molecule has 0 aliphatic heterocycles. The molecule has 1 aromatic carbocycles. The minimum Gasteiger partial charge on any atom is -0.461 e. The lowest BCUT2D eigenvalue weighted by molar-refractivity contribution is -0.155. The average Bonchev–Trinajstić information content (AvgIpc) is 2.41. The van der Waals surface area contributed by atoms with E-state index in [2.05, 4.69) is 6.92 Å². The smallest absolute Gasteiger partial charge is 0.327 e. The van der Waals surface area contributed by atoms with E-state index < -0.39 is 6.04 Å². The first-order valence-corrected chi connectivity index (χ1v) is 6.69. The second kappa shape index (κ2) is 6.01. The molecule has 2 rings (SSSR count). The summed E-state index contributed by atoms with van der Waals surface area (Å²) in [5.74, 6) is 0.144. The Morgan fingerprint density at radius 1 is 1.28 bits per heavy atom. The molecule has 2 N–H and O–H groups in total. The Hall–Kier alpha value is -1.35. The van der Waals surface area contributed by atoms with E-state index in [0.717, 1.165) is 24.8 Å². The van der Waals surface area contributed by atoms with Crippen molar-refractivity contribution in [3.05, 3.63) is 35.9 Å². The number of benzene rings is 1. The summed E-state index contributed by atoms with van der Waals surface area (Å²) in [5.41, 5.74) is 6.74. The molecule has 98 valence electrons. The number of nitrogens with two attached hydrogens (primary N) is 1. The quantitative estimate of drug-likeness (QED) is 0.836. The Kier molecular flexibility index (Phi) is 4.37. The third kappa shape index (κ3) is 3.10. The van der Waals surface area contributed by atoms with Crippen molar-refractivity contribution in [3.63, 3.8) is 0 Å². The molecule has 1 aromatic rings. The second-order valence-corrected chi connectivity index (χ2v) is 5.13. The first-order chi connectivity index (χ1) is 8.68. The Morgan fingerprint density at radius 2 is 1.94 bits per heavy atom. The number of ether oxygens (including phenoxy) is 1. The maximum absolute atomic E-state index is 12.0. The number of carbonyl (C=O) groups is 1. The Labute approximate surface area is 108 Å². The molecular weight excluding hydrogens is 226 g/mol. The Morgan fingerprint density at radius 3 is 2.61 bits per heavy atom. The Bertz CT molecular complexity index is 391. The minimum atomic E-state index is -0.666. The van der Waals surface area contributed by atoms with Crippen LogP contribution in [0.15, 0.2) is 30.3 Å². The van der Waals surface area contributed by atoms with Gasteiger partial charge in [0, 0.05) is 0 Å². The molecule has 0 bridgehead atoms. The summed E-state index contributed by atoms with van der Waals surface area (Å²) in [6, 6.07) is 8.72. The molecule has 0 aromatic heterocycles. The van der Waals surface area contributed by atoms with Crippen molar-refractivity contribution in [3.8, 4) is 0 Å². The van der Waals surface area contributed by atoms with Crippen LogP contribution < -0.4 is 5.73 Å². The van der Waals surface area contributed by atoms with Crippen molar-refractivity contribution < 1.29 is 9.53 Å². The van der Waals surface area contributed by atoms with Gasteiger partial charge in [-0.15, -0.1) is 0 Å². The fourth-order valence-corrected chi connectivity index (χ4v) is 2.48. The number of carbonyl (C=O) groups excluding carboxylic acids is 1. The maximum atomic E-state index is 12.0.